The van der Waals surface area contributed by atoms with Crippen molar-refractivity contribution in [2.24, 2.45) is 0 Å². The van der Waals surface area contributed by atoms with E-state index in [-0.39, 0.29) is 35.5 Å². The molecular formula is C21H24N4O5S. The highest BCUT2D eigenvalue weighted by molar-refractivity contribution is 7.89. The van der Waals surface area contributed by atoms with Gasteiger partial charge >= 0.3 is 5.69 Å². The van der Waals surface area contributed by atoms with Crippen molar-refractivity contribution in [3.63, 3.8) is 0 Å². The molecule has 1 aliphatic rings. The fourth-order valence-corrected chi connectivity index (χ4v) is 4.57. The van der Waals surface area contributed by atoms with E-state index in [4.69, 9.17) is 9.47 Å². The molecule has 0 bridgehead atoms. The Hall–Kier alpha value is -3.11. The molecule has 0 spiro atoms. The predicted molar refractivity (Wildman–Crippen MR) is 115 cm³/mol. The highest BCUT2D eigenvalue weighted by Gasteiger charge is 2.30. The maximum Gasteiger partial charge on any atom is 0.346 e. The molecule has 3 aromatic rings. The average Bonchev–Trinajstić information content (AvgIpc) is 3.57. The number of nitrogens with zero attached hydrogens (tertiary/aromatic N) is 3. The fraction of sp³-hybridized carbons (Fsp3) is 0.333. The molecule has 1 aromatic heterocycles. The van der Waals surface area contributed by atoms with Gasteiger partial charge in [-0.15, -0.1) is 5.10 Å². The summed E-state index contributed by atoms with van der Waals surface area (Å²) in [5.74, 6) is 1.20. The first-order chi connectivity index (χ1) is 14.9. The predicted octanol–water partition coefficient (Wildman–Crippen LogP) is 2.04. The number of methoxy groups -OCH3 is 2. The van der Waals surface area contributed by atoms with Crippen LogP contribution in [0, 0.1) is 0 Å². The molecule has 9 nitrogen and oxygen atoms in total. The molecule has 2 aromatic carbocycles. The Balaban J connectivity index is 1.55. The SMILES string of the molecule is COc1ccc(OC)c(S(=O)(=O)NCCn2nc(-c3ccccc3)n(C3CC3)c2=O)c1. The molecule has 1 heterocycles. The number of benzene rings is 2. The number of hydrogen-bond acceptors (Lipinski definition) is 6. The van der Waals surface area contributed by atoms with Gasteiger partial charge in [-0.2, -0.15) is 0 Å². The van der Waals surface area contributed by atoms with Crippen molar-refractivity contribution in [3.8, 4) is 22.9 Å². The van der Waals surface area contributed by atoms with E-state index < -0.39 is 10.0 Å². The molecule has 10 heteroatoms. The third-order valence-corrected chi connectivity index (χ3v) is 6.57. The molecule has 4 rings (SSSR count). The summed E-state index contributed by atoms with van der Waals surface area (Å²) in [4.78, 5) is 12.9. The van der Waals surface area contributed by atoms with Crippen molar-refractivity contribution < 1.29 is 17.9 Å². The molecule has 0 radical (unpaired) electrons. The van der Waals surface area contributed by atoms with Gasteiger partial charge in [0.2, 0.25) is 10.0 Å². The smallest absolute Gasteiger partial charge is 0.346 e. The van der Waals surface area contributed by atoms with Gasteiger partial charge in [0.05, 0.1) is 20.8 Å². The molecule has 1 fully saturated rings. The Morgan fingerprint density at radius 3 is 2.48 bits per heavy atom. The van der Waals surface area contributed by atoms with Crippen molar-refractivity contribution in [2.75, 3.05) is 20.8 Å². The van der Waals surface area contributed by atoms with Crippen LogP contribution in [-0.2, 0) is 16.6 Å². The zero-order chi connectivity index (χ0) is 22.0. The molecule has 0 atom stereocenters. The van der Waals surface area contributed by atoms with Gasteiger partial charge in [-0.3, -0.25) is 4.57 Å². The average molecular weight is 445 g/mol. The number of ether oxygens (including phenoxy) is 2. The molecule has 0 saturated heterocycles. The van der Waals surface area contributed by atoms with Crippen molar-refractivity contribution in [3.05, 3.63) is 59.0 Å². The largest absolute Gasteiger partial charge is 0.497 e. The van der Waals surface area contributed by atoms with Gasteiger partial charge in [0.1, 0.15) is 16.4 Å². The second-order valence-corrected chi connectivity index (χ2v) is 8.95. The van der Waals surface area contributed by atoms with E-state index in [1.54, 1.807) is 10.6 Å². The molecule has 31 heavy (non-hydrogen) atoms. The normalized spacial score (nSPS) is 13.9. The number of nitrogens with one attached hydrogen (secondary N) is 1. The molecule has 164 valence electrons. The van der Waals surface area contributed by atoms with Gasteiger partial charge in [0, 0.05) is 24.2 Å². The standard InChI is InChI=1S/C21H24N4O5S/c1-29-17-10-11-18(30-2)19(14-17)31(27,28)22-12-13-24-21(26)25(16-8-9-16)20(23-24)15-6-4-3-5-7-15/h3-7,10-11,14,16,22H,8-9,12-13H2,1-2H3. The monoisotopic (exact) mass is 444 g/mol. The zero-order valence-corrected chi connectivity index (χ0v) is 18.1. The molecule has 1 saturated carbocycles. The van der Waals surface area contributed by atoms with Crippen LogP contribution in [-0.4, -0.2) is 43.5 Å². The van der Waals surface area contributed by atoms with Gasteiger partial charge in [-0.25, -0.2) is 22.6 Å². The lowest BCUT2D eigenvalue weighted by atomic mass is 10.2. The van der Waals surface area contributed by atoms with E-state index in [9.17, 15) is 13.2 Å². The Labute approximate surface area is 180 Å². The van der Waals surface area contributed by atoms with Crippen LogP contribution in [0.4, 0.5) is 0 Å². The van der Waals surface area contributed by atoms with E-state index in [2.05, 4.69) is 9.82 Å². The van der Waals surface area contributed by atoms with Crippen molar-refractivity contribution in [1.82, 2.24) is 19.1 Å². The third kappa shape index (κ3) is 4.35. The lowest BCUT2D eigenvalue weighted by molar-refractivity contribution is 0.392. The van der Waals surface area contributed by atoms with Crippen LogP contribution in [0.1, 0.15) is 18.9 Å². The van der Waals surface area contributed by atoms with E-state index in [0.29, 0.717) is 11.6 Å². The summed E-state index contributed by atoms with van der Waals surface area (Å²) in [5, 5.41) is 4.48. The van der Waals surface area contributed by atoms with Gasteiger partial charge < -0.3 is 9.47 Å². The highest BCUT2D eigenvalue weighted by atomic mass is 32.2. The van der Waals surface area contributed by atoms with Gasteiger partial charge in [-0.1, -0.05) is 30.3 Å². The van der Waals surface area contributed by atoms with Crippen molar-refractivity contribution in [2.45, 2.75) is 30.3 Å². The Bertz CT molecular complexity index is 1230. The Kier molecular flexibility index (Phi) is 5.84. The fourth-order valence-electron chi connectivity index (χ4n) is 3.37. The van der Waals surface area contributed by atoms with Crippen LogP contribution in [0.5, 0.6) is 11.5 Å². The van der Waals surface area contributed by atoms with Crippen LogP contribution in [0.15, 0.2) is 58.2 Å². The lowest BCUT2D eigenvalue weighted by Gasteiger charge is -2.12. The van der Waals surface area contributed by atoms with Crippen molar-refractivity contribution in [1.29, 1.82) is 0 Å². The summed E-state index contributed by atoms with van der Waals surface area (Å²) in [6.07, 6.45) is 1.88. The summed E-state index contributed by atoms with van der Waals surface area (Å²) in [6, 6.07) is 14.2. The van der Waals surface area contributed by atoms with Crippen LogP contribution >= 0.6 is 0 Å². The molecule has 0 aliphatic heterocycles. The zero-order valence-electron chi connectivity index (χ0n) is 17.3. The van der Waals surface area contributed by atoms with Crippen LogP contribution in [0.25, 0.3) is 11.4 Å². The second-order valence-electron chi connectivity index (χ2n) is 7.21. The minimum Gasteiger partial charge on any atom is -0.497 e. The highest BCUT2D eigenvalue weighted by Crippen LogP contribution is 2.36. The number of aromatic nitrogens is 3. The third-order valence-electron chi connectivity index (χ3n) is 5.09. The van der Waals surface area contributed by atoms with Gasteiger partial charge in [0.15, 0.2) is 5.82 Å². The lowest BCUT2D eigenvalue weighted by Crippen LogP contribution is -2.32. The maximum absolute atomic E-state index is 12.9. The second kappa shape index (κ2) is 8.56. The Morgan fingerprint density at radius 2 is 1.84 bits per heavy atom. The van der Waals surface area contributed by atoms with Crippen LogP contribution in [0.3, 0.4) is 0 Å². The summed E-state index contributed by atoms with van der Waals surface area (Å²) < 4.78 is 41.4. The summed E-state index contributed by atoms with van der Waals surface area (Å²) in [7, 11) is -1.03. The van der Waals surface area contributed by atoms with Gasteiger partial charge in [0.25, 0.3) is 0 Å². The van der Waals surface area contributed by atoms with E-state index in [1.807, 2.05) is 30.3 Å². The quantitative estimate of drug-likeness (QED) is 0.542. The van der Waals surface area contributed by atoms with E-state index >= 15 is 0 Å². The molecule has 0 unspecified atom stereocenters. The maximum atomic E-state index is 12.9. The van der Waals surface area contributed by atoms with Crippen LogP contribution in [0.2, 0.25) is 0 Å². The Morgan fingerprint density at radius 1 is 1.10 bits per heavy atom. The molecule has 1 aliphatic carbocycles. The first-order valence-electron chi connectivity index (χ1n) is 9.91. The molecular weight excluding hydrogens is 420 g/mol. The first kappa shape index (κ1) is 21.1. The minimum absolute atomic E-state index is 0.00147. The van der Waals surface area contributed by atoms with E-state index in [0.717, 1.165) is 18.4 Å². The van der Waals surface area contributed by atoms with E-state index in [1.165, 1.54) is 31.0 Å². The number of rotatable bonds is 9. The summed E-state index contributed by atoms with van der Waals surface area (Å²) in [6.45, 7) is 0.0996. The minimum atomic E-state index is -3.88. The first-order valence-corrected chi connectivity index (χ1v) is 11.4. The summed E-state index contributed by atoms with van der Waals surface area (Å²) >= 11 is 0. The summed E-state index contributed by atoms with van der Waals surface area (Å²) in [5.41, 5.74) is 0.617. The van der Waals surface area contributed by atoms with Crippen molar-refractivity contribution >= 4 is 10.0 Å². The molecule has 1 N–H and O–H groups in total. The molecule has 0 amide bonds. The van der Waals surface area contributed by atoms with Crippen LogP contribution < -0.4 is 19.9 Å². The number of hydrogen-bond donors (Lipinski definition) is 1. The van der Waals surface area contributed by atoms with Gasteiger partial charge in [-0.05, 0) is 25.0 Å². The topological polar surface area (TPSA) is 104 Å². The number of sulfonamides is 1.